The van der Waals surface area contributed by atoms with Crippen LogP contribution in [0.25, 0.3) is 0 Å². The van der Waals surface area contributed by atoms with Crippen molar-refractivity contribution in [2.24, 2.45) is 0 Å². The third kappa shape index (κ3) is 36.9. The normalized spacial score (nSPS) is 12.7. The molecule has 4 nitrogen and oxygen atoms in total. The van der Waals surface area contributed by atoms with Crippen molar-refractivity contribution in [3.05, 3.63) is 36.5 Å². The summed E-state index contributed by atoms with van der Waals surface area (Å²) in [5, 5.41) is 9.56. The molecule has 0 bridgehead atoms. The van der Waals surface area contributed by atoms with Crippen LogP contribution in [0.5, 0.6) is 0 Å². The fraction of sp³-hybridized carbons (Fsp3) is 0.829. The van der Waals surface area contributed by atoms with E-state index in [4.69, 9.17) is 9.47 Å². The molecule has 0 fully saturated rings. The van der Waals surface area contributed by atoms with E-state index >= 15 is 0 Å². The molecule has 0 amide bonds. The SMILES string of the molecule is CCCCCCC/C=C\C/C=C\C/C=C\CCCCCCCCC(=O)OC(CO)COCCCCCCCCCCCCCC. The van der Waals surface area contributed by atoms with E-state index in [1.54, 1.807) is 0 Å². The molecule has 0 saturated carbocycles. The number of aliphatic hydroxyl groups is 1. The number of esters is 1. The molecule has 1 N–H and O–H groups in total. The summed E-state index contributed by atoms with van der Waals surface area (Å²) in [6, 6.07) is 0. The minimum absolute atomic E-state index is 0.175. The molecule has 0 radical (unpaired) electrons. The fourth-order valence-corrected chi connectivity index (χ4v) is 5.51. The number of rotatable bonds is 36. The lowest BCUT2D eigenvalue weighted by molar-refractivity contribution is -0.154. The van der Waals surface area contributed by atoms with Crippen LogP contribution in [0.15, 0.2) is 36.5 Å². The van der Waals surface area contributed by atoms with Crippen LogP contribution in [0.3, 0.4) is 0 Å². The predicted octanol–water partition coefficient (Wildman–Crippen LogP) is 12.5. The highest BCUT2D eigenvalue weighted by Crippen LogP contribution is 2.13. The molecule has 264 valence electrons. The topological polar surface area (TPSA) is 55.8 Å². The molecule has 0 rings (SSSR count). The summed E-state index contributed by atoms with van der Waals surface area (Å²) in [7, 11) is 0. The zero-order chi connectivity index (χ0) is 32.7. The average Bonchev–Trinajstić information content (AvgIpc) is 3.05. The number of ether oxygens (including phenoxy) is 2. The van der Waals surface area contributed by atoms with Crippen LogP contribution in [-0.2, 0) is 14.3 Å². The van der Waals surface area contributed by atoms with E-state index in [1.807, 2.05) is 0 Å². The summed E-state index contributed by atoms with van der Waals surface area (Å²) in [5.74, 6) is -0.212. The van der Waals surface area contributed by atoms with Crippen LogP contribution >= 0.6 is 0 Å². The molecule has 0 aliphatic heterocycles. The first-order chi connectivity index (χ1) is 22.2. The summed E-state index contributed by atoms with van der Waals surface area (Å²) >= 11 is 0. The zero-order valence-corrected chi connectivity index (χ0v) is 30.1. The van der Waals surface area contributed by atoms with Crippen molar-refractivity contribution in [2.45, 2.75) is 200 Å². The van der Waals surface area contributed by atoms with Gasteiger partial charge in [0.05, 0.1) is 13.2 Å². The molecule has 4 heteroatoms. The fourth-order valence-electron chi connectivity index (χ4n) is 5.51. The van der Waals surface area contributed by atoms with E-state index in [0.717, 1.165) is 44.9 Å². The van der Waals surface area contributed by atoms with Crippen LogP contribution in [0.2, 0.25) is 0 Å². The minimum Gasteiger partial charge on any atom is -0.457 e. The Balaban J connectivity index is 3.48. The molecule has 0 aromatic rings. The van der Waals surface area contributed by atoms with E-state index < -0.39 is 6.10 Å². The van der Waals surface area contributed by atoms with Crippen molar-refractivity contribution in [3.8, 4) is 0 Å². The Labute approximate surface area is 280 Å². The summed E-state index contributed by atoms with van der Waals surface area (Å²) < 4.78 is 11.1. The Morgan fingerprint density at radius 2 is 0.933 bits per heavy atom. The quantitative estimate of drug-likeness (QED) is 0.0424. The number of unbranched alkanes of at least 4 members (excludes halogenated alkanes) is 22. The van der Waals surface area contributed by atoms with E-state index in [1.165, 1.54) is 128 Å². The number of allylic oxidation sites excluding steroid dienone is 6. The second-order valence-corrected chi connectivity index (χ2v) is 13.0. The predicted molar refractivity (Wildman–Crippen MR) is 196 cm³/mol. The molecular formula is C41H76O4. The lowest BCUT2D eigenvalue weighted by Crippen LogP contribution is -2.27. The van der Waals surface area contributed by atoms with Gasteiger partial charge in [0.2, 0.25) is 0 Å². The first-order valence-electron chi connectivity index (χ1n) is 19.6. The Morgan fingerprint density at radius 3 is 1.40 bits per heavy atom. The second kappa shape index (κ2) is 38.8. The maximum Gasteiger partial charge on any atom is 0.306 e. The minimum atomic E-state index is -0.537. The van der Waals surface area contributed by atoms with Crippen LogP contribution in [0, 0.1) is 0 Å². The highest BCUT2D eigenvalue weighted by Gasteiger charge is 2.13. The van der Waals surface area contributed by atoms with Crippen molar-refractivity contribution < 1.29 is 19.4 Å². The molecular weight excluding hydrogens is 556 g/mol. The molecule has 0 spiro atoms. The van der Waals surface area contributed by atoms with Crippen molar-refractivity contribution in [1.82, 2.24) is 0 Å². The van der Waals surface area contributed by atoms with E-state index in [2.05, 4.69) is 50.3 Å². The van der Waals surface area contributed by atoms with Gasteiger partial charge in [0.25, 0.3) is 0 Å². The molecule has 0 heterocycles. The third-order valence-electron chi connectivity index (χ3n) is 8.47. The third-order valence-corrected chi connectivity index (χ3v) is 8.47. The van der Waals surface area contributed by atoms with Gasteiger partial charge >= 0.3 is 5.97 Å². The number of aliphatic hydroxyl groups excluding tert-OH is 1. The Hall–Kier alpha value is -1.39. The molecule has 0 saturated heterocycles. The van der Waals surface area contributed by atoms with Crippen molar-refractivity contribution in [2.75, 3.05) is 19.8 Å². The van der Waals surface area contributed by atoms with Gasteiger partial charge in [-0.2, -0.15) is 0 Å². The molecule has 0 aromatic carbocycles. The molecule has 0 aliphatic rings. The van der Waals surface area contributed by atoms with Gasteiger partial charge in [0, 0.05) is 13.0 Å². The molecule has 1 unspecified atom stereocenters. The van der Waals surface area contributed by atoms with E-state index in [0.29, 0.717) is 19.6 Å². The number of hydrogen-bond donors (Lipinski definition) is 1. The van der Waals surface area contributed by atoms with Gasteiger partial charge < -0.3 is 14.6 Å². The summed E-state index contributed by atoms with van der Waals surface area (Å²) in [4.78, 5) is 12.2. The van der Waals surface area contributed by atoms with Crippen LogP contribution in [-0.4, -0.2) is 37.0 Å². The highest BCUT2D eigenvalue weighted by molar-refractivity contribution is 5.69. The molecule has 0 aromatic heterocycles. The van der Waals surface area contributed by atoms with Crippen molar-refractivity contribution in [3.63, 3.8) is 0 Å². The number of carbonyl (C=O) groups is 1. The van der Waals surface area contributed by atoms with Crippen LogP contribution in [0.1, 0.15) is 194 Å². The summed E-state index contributed by atoms with van der Waals surface area (Å²) in [6.07, 6.45) is 47.6. The maximum absolute atomic E-state index is 12.2. The smallest absolute Gasteiger partial charge is 0.306 e. The van der Waals surface area contributed by atoms with E-state index in [-0.39, 0.29) is 12.6 Å². The van der Waals surface area contributed by atoms with Gasteiger partial charge in [0.1, 0.15) is 6.10 Å². The molecule has 45 heavy (non-hydrogen) atoms. The first-order valence-corrected chi connectivity index (χ1v) is 19.6. The van der Waals surface area contributed by atoms with Gasteiger partial charge in [-0.25, -0.2) is 0 Å². The van der Waals surface area contributed by atoms with Gasteiger partial charge in [-0.3, -0.25) is 4.79 Å². The molecule has 1 atom stereocenters. The number of hydrogen-bond acceptors (Lipinski definition) is 4. The first kappa shape index (κ1) is 43.6. The van der Waals surface area contributed by atoms with E-state index in [9.17, 15) is 9.90 Å². The van der Waals surface area contributed by atoms with Gasteiger partial charge in [0.15, 0.2) is 0 Å². The van der Waals surface area contributed by atoms with Crippen LogP contribution < -0.4 is 0 Å². The summed E-state index contributed by atoms with van der Waals surface area (Å²) in [6.45, 7) is 5.33. The van der Waals surface area contributed by atoms with Gasteiger partial charge in [-0.05, 0) is 51.4 Å². The van der Waals surface area contributed by atoms with Gasteiger partial charge in [-0.1, -0.05) is 172 Å². The Morgan fingerprint density at radius 1 is 0.533 bits per heavy atom. The Kier molecular flexibility index (Phi) is 37.6. The molecule has 0 aliphatic carbocycles. The monoisotopic (exact) mass is 633 g/mol. The number of carbonyl (C=O) groups excluding carboxylic acids is 1. The lowest BCUT2D eigenvalue weighted by Gasteiger charge is -2.16. The standard InChI is InChI=1S/C41H76O4/c1-3-5-7-9-11-13-15-17-18-19-20-21-22-23-24-25-26-28-30-32-34-36-41(43)45-40(38-42)39-44-37-35-33-31-29-27-16-14-12-10-8-6-4-2/h15,17,19-20,22-23,40,42H,3-14,16,18,21,24-39H2,1-2H3/b17-15-,20-19-,23-22-. The zero-order valence-electron chi connectivity index (χ0n) is 30.1. The average molecular weight is 633 g/mol. The Bertz CT molecular complexity index is 668. The highest BCUT2D eigenvalue weighted by atomic mass is 16.6. The van der Waals surface area contributed by atoms with Crippen molar-refractivity contribution in [1.29, 1.82) is 0 Å². The maximum atomic E-state index is 12.2. The lowest BCUT2D eigenvalue weighted by atomic mass is 10.1. The second-order valence-electron chi connectivity index (χ2n) is 13.0. The summed E-state index contributed by atoms with van der Waals surface area (Å²) in [5.41, 5.74) is 0. The van der Waals surface area contributed by atoms with Crippen molar-refractivity contribution >= 4 is 5.97 Å². The van der Waals surface area contributed by atoms with Gasteiger partial charge in [-0.15, -0.1) is 0 Å². The van der Waals surface area contributed by atoms with Crippen LogP contribution in [0.4, 0.5) is 0 Å². The largest absolute Gasteiger partial charge is 0.457 e.